The van der Waals surface area contributed by atoms with Crippen molar-refractivity contribution in [1.82, 2.24) is 9.88 Å². The standard InChI is InChI=1S/C21H26FN5O/c1-2-17(15-3-5-16(22)6-4-15)19(28)9-10-26-11-13-27(14-12-26)20-8-7-18(23)21(24)25-20/h2-8,17H,1,9-14,23H2,(H2,24,25). The molecule has 6 nitrogen and oxygen atoms in total. The molecule has 1 unspecified atom stereocenters. The van der Waals surface area contributed by atoms with E-state index >= 15 is 0 Å². The molecule has 0 amide bonds. The molecule has 1 fully saturated rings. The van der Waals surface area contributed by atoms with Gasteiger partial charge >= 0.3 is 0 Å². The molecule has 1 aromatic carbocycles. The number of nitrogens with zero attached hydrogens (tertiary/aromatic N) is 3. The molecule has 148 valence electrons. The molecule has 0 aliphatic carbocycles. The zero-order valence-electron chi connectivity index (χ0n) is 15.9. The first-order valence-electron chi connectivity index (χ1n) is 9.38. The normalized spacial score (nSPS) is 16.0. The molecule has 1 atom stereocenters. The van der Waals surface area contributed by atoms with Crippen LogP contribution in [-0.2, 0) is 4.79 Å². The quantitative estimate of drug-likeness (QED) is 0.714. The molecular formula is C21H26FN5O. The van der Waals surface area contributed by atoms with E-state index in [0.29, 0.717) is 24.5 Å². The van der Waals surface area contributed by atoms with Crippen LogP contribution >= 0.6 is 0 Å². The van der Waals surface area contributed by atoms with Gasteiger partial charge < -0.3 is 16.4 Å². The Morgan fingerprint density at radius 2 is 1.82 bits per heavy atom. The number of halogens is 1. The third-order valence-electron chi connectivity index (χ3n) is 5.13. The molecule has 7 heteroatoms. The second kappa shape index (κ2) is 8.84. The van der Waals surface area contributed by atoms with E-state index in [1.54, 1.807) is 24.3 Å². The number of carbonyl (C=O) groups excluding carboxylic acids is 1. The number of rotatable bonds is 7. The summed E-state index contributed by atoms with van der Waals surface area (Å²) in [5.41, 5.74) is 12.8. The minimum atomic E-state index is -0.399. The number of ketones is 1. The molecule has 2 aromatic rings. The molecule has 1 aliphatic heterocycles. The van der Waals surface area contributed by atoms with E-state index in [1.807, 2.05) is 6.07 Å². The lowest BCUT2D eigenvalue weighted by Gasteiger charge is -2.35. The highest BCUT2D eigenvalue weighted by Crippen LogP contribution is 2.22. The zero-order chi connectivity index (χ0) is 20.1. The highest BCUT2D eigenvalue weighted by molar-refractivity contribution is 5.87. The van der Waals surface area contributed by atoms with E-state index < -0.39 is 5.92 Å². The van der Waals surface area contributed by atoms with Crippen molar-refractivity contribution < 1.29 is 9.18 Å². The maximum absolute atomic E-state index is 13.1. The number of nitrogens with two attached hydrogens (primary N) is 2. The third kappa shape index (κ3) is 4.67. The molecule has 3 rings (SSSR count). The molecular weight excluding hydrogens is 357 g/mol. The van der Waals surface area contributed by atoms with Crippen LogP contribution in [0.1, 0.15) is 17.9 Å². The summed E-state index contributed by atoms with van der Waals surface area (Å²) in [6, 6.07) is 9.68. The summed E-state index contributed by atoms with van der Waals surface area (Å²) in [4.78, 5) is 21.4. The van der Waals surface area contributed by atoms with Gasteiger partial charge in [-0.1, -0.05) is 18.2 Å². The van der Waals surface area contributed by atoms with Crippen LogP contribution in [0.25, 0.3) is 0 Å². The van der Waals surface area contributed by atoms with Crippen LogP contribution in [0, 0.1) is 5.82 Å². The van der Waals surface area contributed by atoms with Crippen molar-refractivity contribution in [1.29, 1.82) is 0 Å². The Kier molecular flexibility index (Phi) is 6.26. The topological polar surface area (TPSA) is 88.5 Å². The number of benzene rings is 1. The molecule has 0 bridgehead atoms. The second-order valence-electron chi connectivity index (χ2n) is 6.95. The van der Waals surface area contributed by atoms with E-state index in [1.165, 1.54) is 12.1 Å². The van der Waals surface area contributed by atoms with E-state index in [9.17, 15) is 9.18 Å². The fraction of sp³-hybridized carbons (Fsp3) is 0.333. The minimum absolute atomic E-state index is 0.0945. The van der Waals surface area contributed by atoms with Crippen molar-refractivity contribution in [2.45, 2.75) is 12.3 Å². The van der Waals surface area contributed by atoms with Crippen molar-refractivity contribution in [3.8, 4) is 0 Å². The predicted molar refractivity (Wildman–Crippen MR) is 111 cm³/mol. The number of anilines is 3. The van der Waals surface area contributed by atoms with Crippen LogP contribution in [0.15, 0.2) is 49.1 Å². The third-order valence-corrected chi connectivity index (χ3v) is 5.13. The molecule has 0 spiro atoms. The fourth-order valence-corrected chi connectivity index (χ4v) is 3.40. The van der Waals surface area contributed by atoms with Crippen LogP contribution in [0.3, 0.4) is 0 Å². The first-order valence-corrected chi connectivity index (χ1v) is 9.38. The molecule has 1 saturated heterocycles. The number of hydrogen-bond donors (Lipinski definition) is 2. The Morgan fingerprint density at radius 1 is 1.14 bits per heavy atom. The summed E-state index contributed by atoms with van der Waals surface area (Å²) in [5, 5.41) is 0. The number of nitrogen functional groups attached to an aromatic ring is 2. The fourth-order valence-electron chi connectivity index (χ4n) is 3.40. The van der Waals surface area contributed by atoms with Gasteiger partial charge in [-0.2, -0.15) is 0 Å². The molecule has 2 heterocycles. The number of hydrogen-bond acceptors (Lipinski definition) is 6. The predicted octanol–water partition coefficient (Wildman–Crippen LogP) is 2.44. The minimum Gasteiger partial charge on any atom is -0.396 e. The van der Waals surface area contributed by atoms with E-state index in [-0.39, 0.29) is 11.6 Å². The summed E-state index contributed by atoms with van der Waals surface area (Å²) >= 11 is 0. The number of piperazine rings is 1. The van der Waals surface area contributed by atoms with Crippen LogP contribution in [0.4, 0.5) is 21.7 Å². The summed E-state index contributed by atoms with van der Waals surface area (Å²) in [5.74, 6) is 0.558. The summed E-state index contributed by atoms with van der Waals surface area (Å²) in [6.45, 7) is 7.77. The van der Waals surface area contributed by atoms with Gasteiger partial charge in [0.15, 0.2) is 0 Å². The van der Waals surface area contributed by atoms with Gasteiger partial charge in [-0.3, -0.25) is 9.69 Å². The lowest BCUT2D eigenvalue weighted by Crippen LogP contribution is -2.47. The van der Waals surface area contributed by atoms with Gasteiger partial charge in [-0.25, -0.2) is 9.37 Å². The van der Waals surface area contributed by atoms with Gasteiger partial charge in [0, 0.05) is 39.1 Å². The molecule has 4 N–H and O–H groups in total. The summed E-state index contributed by atoms with van der Waals surface area (Å²) in [7, 11) is 0. The number of carbonyl (C=O) groups is 1. The van der Waals surface area contributed by atoms with E-state index in [2.05, 4.69) is 21.4 Å². The number of allylic oxidation sites excluding steroid dienone is 1. The van der Waals surface area contributed by atoms with Crippen LogP contribution in [-0.4, -0.2) is 48.4 Å². The van der Waals surface area contributed by atoms with Crippen molar-refractivity contribution in [2.24, 2.45) is 0 Å². The van der Waals surface area contributed by atoms with Crippen LogP contribution in [0.5, 0.6) is 0 Å². The Hall–Kier alpha value is -2.93. The highest BCUT2D eigenvalue weighted by atomic mass is 19.1. The highest BCUT2D eigenvalue weighted by Gasteiger charge is 2.21. The first-order chi connectivity index (χ1) is 13.5. The molecule has 1 aliphatic rings. The van der Waals surface area contributed by atoms with Crippen molar-refractivity contribution in [3.05, 3.63) is 60.4 Å². The van der Waals surface area contributed by atoms with Gasteiger partial charge in [0.2, 0.25) is 0 Å². The van der Waals surface area contributed by atoms with Gasteiger partial charge in [-0.05, 0) is 29.8 Å². The Morgan fingerprint density at radius 3 is 2.43 bits per heavy atom. The SMILES string of the molecule is C=CC(C(=O)CCN1CCN(c2ccc(N)c(N)n2)CC1)c1ccc(F)cc1. The lowest BCUT2D eigenvalue weighted by atomic mass is 9.93. The Bertz CT molecular complexity index is 831. The average Bonchev–Trinajstić information content (AvgIpc) is 2.71. The second-order valence-corrected chi connectivity index (χ2v) is 6.95. The van der Waals surface area contributed by atoms with Crippen molar-refractivity contribution in [2.75, 3.05) is 49.1 Å². The zero-order valence-corrected chi connectivity index (χ0v) is 15.9. The Labute approximate surface area is 164 Å². The van der Waals surface area contributed by atoms with Crippen molar-refractivity contribution in [3.63, 3.8) is 0 Å². The molecule has 1 aromatic heterocycles. The number of Topliss-reactive ketones (excluding diaryl/α,β-unsaturated/α-hetero) is 1. The maximum Gasteiger partial charge on any atom is 0.149 e. The summed E-state index contributed by atoms with van der Waals surface area (Å²) in [6.07, 6.45) is 2.06. The lowest BCUT2D eigenvalue weighted by molar-refractivity contribution is -0.119. The molecule has 0 saturated carbocycles. The van der Waals surface area contributed by atoms with Crippen LogP contribution < -0.4 is 16.4 Å². The smallest absolute Gasteiger partial charge is 0.149 e. The summed E-state index contributed by atoms with van der Waals surface area (Å²) < 4.78 is 13.1. The van der Waals surface area contributed by atoms with Gasteiger partial charge in [0.1, 0.15) is 23.2 Å². The largest absolute Gasteiger partial charge is 0.396 e. The molecule has 0 radical (unpaired) electrons. The van der Waals surface area contributed by atoms with E-state index in [4.69, 9.17) is 11.5 Å². The van der Waals surface area contributed by atoms with Gasteiger partial charge in [0.05, 0.1) is 11.6 Å². The average molecular weight is 383 g/mol. The Balaban J connectivity index is 1.50. The van der Waals surface area contributed by atoms with Crippen molar-refractivity contribution >= 4 is 23.1 Å². The van der Waals surface area contributed by atoms with Gasteiger partial charge in [0.25, 0.3) is 0 Å². The first kappa shape index (κ1) is 19.8. The monoisotopic (exact) mass is 383 g/mol. The maximum atomic E-state index is 13.1. The van der Waals surface area contributed by atoms with Gasteiger partial charge in [-0.15, -0.1) is 6.58 Å². The molecule has 28 heavy (non-hydrogen) atoms. The number of aromatic nitrogens is 1. The van der Waals surface area contributed by atoms with E-state index in [0.717, 1.165) is 37.6 Å². The van der Waals surface area contributed by atoms with Crippen LogP contribution in [0.2, 0.25) is 0 Å². The number of pyridine rings is 1.